The number of anilines is 1. The molecule has 0 spiro atoms. The SMILES string of the molecule is CCN(Cc1cc(C(=O)OCCCCOC(C)=O)cc(Br)c1N)C1CCCCC1.COc1ccc2c(c1)cc(C)n2C(=O)c1ccc(Cl)cc1. The van der Waals surface area contributed by atoms with Gasteiger partial charge in [0.05, 0.1) is 37.1 Å². The highest BCUT2D eigenvalue weighted by molar-refractivity contribution is 9.10. The van der Waals surface area contributed by atoms with Crippen LogP contribution >= 0.6 is 27.5 Å². The van der Waals surface area contributed by atoms with Crippen molar-refractivity contribution < 1.29 is 28.6 Å². The maximum absolute atomic E-state index is 12.7. The summed E-state index contributed by atoms with van der Waals surface area (Å²) >= 11 is 9.36. The fourth-order valence-electron chi connectivity index (χ4n) is 6.21. The number of methoxy groups -OCH3 is 1. The van der Waals surface area contributed by atoms with E-state index in [4.69, 9.17) is 31.5 Å². The van der Waals surface area contributed by atoms with Gasteiger partial charge in [-0.05, 0) is 121 Å². The van der Waals surface area contributed by atoms with Crippen LogP contribution in [-0.2, 0) is 20.8 Å². The molecule has 9 nitrogen and oxygen atoms in total. The number of rotatable bonds is 12. The average molecular weight is 769 g/mol. The summed E-state index contributed by atoms with van der Waals surface area (Å²) in [5.41, 5.74) is 10.8. The summed E-state index contributed by atoms with van der Waals surface area (Å²) in [5.74, 6) is 0.0543. The van der Waals surface area contributed by atoms with Crippen molar-refractivity contribution >= 4 is 62.0 Å². The highest BCUT2D eigenvalue weighted by Gasteiger charge is 2.22. The number of unbranched alkanes of at least 4 members (excludes halogenated alkanes) is 1. The molecule has 5 rings (SSSR count). The number of nitrogens with two attached hydrogens (primary N) is 1. The summed E-state index contributed by atoms with van der Waals surface area (Å²) in [5, 5.41) is 1.60. The number of carbonyl (C=O) groups is 3. The van der Waals surface area contributed by atoms with Gasteiger partial charge < -0.3 is 19.9 Å². The first-order valence-corrected chi connectivity index (χ1v) is 18.3. The Morgan fingerprint density at radius 2 is 1.62 bits per heavy atom. The topological polar surface area (TPSA) is 113 Å². The first kappa shape index (κ1) is 38.9. The fraction of sp³-hybridized carbons (Fsp3) is 0.410. The summed E-state index contributed by atoms with van der Waals surface area (Å²) in [6.07, 6.45) is 7.65. The van der Waals surface area contributed by atoms with Crippen LogP contribution in [0, 0.1) is 6.92 Å². The van der Waals surface area contributed by atoms with E-state index < -0.39 is 0 Å². The molecule has 3 aromatic carbocycles. The molecule has 1 saturated carbocycles. The predicted octanol–water partition coefficient (Wildman–Crippen LogP) is 8.99. The van der Waals surface area contributed by atoms with Crippen LogP contribution in [0.5, 0.6) is 5.75 Å². The summed E-state index contributed by atoms with van der Waals surface area (Å²) in [6, 6.07) is 18.7. The lowest BCUT2D eigenvalue weighted by Crippen LogP contribution is -2.36. The van der Waals surface area contributed by atoms with Crippen LogP contribution < -0.4 is 10.5 Å². The predicted molar refractivity (Wildman–Crippen MR) is 202 cm³/mol. The molecule has 1 aliphatic carbocycles. The molecule has 4 aromatic rings. The summed E-state index contributed by atoms with van der Waals surface area (Å²) in [6.45, 7) is 7.80. The Morgan fingerprint density at radius 1 is 0.940 bits per heavy atom. The van der Waals surface area contributed by atoms with Crippen LogP contribution in [0.3, 0.4) is 0 Å². The number of hydrogen-bond donors (Lipinski definition) is 1. The van der Waals surface area contributed by atoms with Crippen molar-refractivity contribution in [3.05, 3.63) is 92.5 Å². The van der Waals surface area contributed by atoms with Crippen LogP contribution in [-0.4, -0.2) is 60.2 Å². The van der Waals surface area contributed by atoms with Crippen molar-refractivity contribution in [2.45, 2.75) is 78.3 Å². The Kier molecular flexibility index (Phi) is 14.7. The smallest absolute Gasteiger partial charge is 0.338 e. The quantitative estimate of drug-likeness (QED) is 0.0864. The van der Waals surface area contributed by atoms with Gasteiger partial charge in [0.2, 0.25) is 0 Å². The average Bonchev–Trinajstić information content (AvgIpc) is 3.45. The van der Waals surface area contributed by atoms with E-state index >= 15 is 0 Å². The molecule has 1 aromatic heterocycles. The number of carbonyl (C=O) groups excluding carboxylic acids is 3. The monoisotopic (exact) mass is 767 g/mol. The van der Waals surface area contributed by atoms with Crippen molar-refractivity contribution in [3.8, 4) is 5.75 Å². The number of nitrogen functional groups attached to an aromatic ring is 1. The van der Waals surface area contributed by atoms with E-state index in [1.807, 2.05) is 37.3 Å². The molecule has 0 unspecified atom stereocenters. The maximum Gasteiger partial charge on any atom is 0.338 e. The van der Waals surface area contributed by atoms with E-state index in [0.29, 0.717) is 53.9 Å². The normalized spacial score (nSPS) is 13.1. The minimum Gasteiger partial charge on any atom is -0.497 e. The first-order chi connectivity index (χ1) is 24.0. The van der Waals surface area contributed by atoms with Gasteiger partial charge in [-0.25, -0.2) is 4.79 Å². The maximum atomic E-state index is 12.7. The molecule has 0 radical (unpaired) electrons. The van der Waals surface area contributed by atoms with Crippen LogP contribution in [0.25, 0.3) is 10.9 Å². The van der Waals surface area contributed by atoms with Crippen molar-refractivity contribution in [2.24, 2.45) is 0 Å². The van der Waals surface area contributed by atoms with Gasteiger partial charge in [-0.2, -0.15) is 0 Å². The molecule has 1 aliphatic rings. The van der Waals surface area contributed by atoms with Gasteiger partial charge in [-0.3, -0.25) is 19.1 Å². The van der Waals surface area contributed by atoms with Crippen molar-refractivity contribution in [3.63, 3.8) is 0 Å². The molecule has 0 atom stereocenters. The molecule has 0 aliphatic heterocycles. The molecule has 11 heteroatoms. The third kappa shape index (κ3) is 10.6. The van der Waals surface area contributed by atoms with Gasteiger partial charge >= 0.3 is 11.9 Å². The van der Waals surface area contributed by atoms with E-state index in [1.165, 1.54) is 39.0 Å². The van der Waals surface area contributed by atoms with Gasteiger partial charge in [0.25, 0.3) is 5.91 Å². The van der Waals surface area contributed by atoms with Gasteiger partial charge in [-0.1, -0.05) is 37.8 Å². The standard InChI is InChI=1S/C22H33BrN2O4.C17H14ClNO2/c1-3-25(19-9-5-4-6-10-19)15-18-13-17(14-20(23)21(18)24)22(27)29-12-8-7-11-28-16(2)26;1-11-9-13-10-15(21-2)7-8-16(13)19(11)17(20)12-3-5-14(18)6-4-12/h13-14,19H,3-12,15,24H2,1-2H3;3-10H,1-2H3. The zero-order chi connectivity index (χ0) is 36.2. The lowest BCUT2D eigenvalue weighted by molar-refractivity contribution is -0.141. The molecule has 0 amide bonds. The van der Waals surface area contributed by atoms with Gasteiger partial charge in [0, 0.05) is 45.6 Å². The molecular formula is C39H47BrClN3O6. The lowest BCUT2D eigenvalue weighted by atomic mass is 9.93. The summed E-state index contributed by atoms with van der Waals surface area (Å²) in [7, 11) is 1.63. The third-order valence-corrected chi connectivity index (χ3v) is 9.79. The Balaban J connectivity index is 0.000000235. The van der Waals surface area contributed by atoms with Crippen LogP contribution in [0.2, 0.25) is 5.02 Å². The number of hydrogen-bond acceptors (Lipinski definition) is 8. The van der Waals surface area contributed by atoms with E-state index in [9.17, 15) is 14.4 Å². The van der Waals surface area contributed by atoms with Crippen molar-refractivity contribution in [1.29, 1.82) is 0 Å². The number of esters is 2. The minimum absolute atomic E-state index is 0.0654. The van der Waals surface area contributed by atoms with Crippen molar-refractivity contribution in [2.75, 3.05) is 32.6 Å². The molecule has 2 N–H and O–H groups in total. The molecule has 0 saturated heterocycles. The zero-order valence-corrected chi connectivity index (χ0v) is 31.6. The van der Waals surface area contributed by atoms with Crippen LogP contribution in [0.1, 0.15) is 90.8 Å². The van der Waals surface area contributed by atoms with Crippen LogP contribution in [0.4, 0.5) is 5.69 Å². The highest BCUT2D eigenvalue weighted by atomic mass is 79.9. The van der Waals surface area contributed by atoms with Crippen LogP contribution in [0.15, 0.2) is 65.1 Å². The third-order valence-electron chi connectivity index (χ3n) is 8.89. The fourth-order valence-corrected chi connectivity index (χ4v) is 6.83. The van der Waals surface area contributed by atoms with E-state index in [2.05, 4.69) is 27.8 Å². The Bertz CT molecular complexity index is 1770. The number of halogens is 2. The van der Waals surface area contributed by atoms with E-state index in [1.54, 1.807) is 42.0 Å². The molecule has 1 heterocycles. The van der Waals surface area contributed by atoms with Gasteiger partial charge in [0.1, 0.15) is 5.75 Å². The number of aromatic nitrogens is 1. The van der Waals surface area contributed by atoms with Gasteiger partial charge in [-0.15, -0.1) is 0 Å². The number of nitrogens with zero attached hydrogens (tertiary/aromatic N) is 2. The second kappa shape index (κ2) is 18.9. The summed E-state index contributed by atoms with van der Waals surface area (Å²) < 4.78 is 17.9. The summed E-state index contributed by atoms with van der Waals surface area (Å²) in [4.78, 5) is 38.4. The highest BCUT2D eigenvalue weighted by Crippen LogP contribution is 2.30. The Morgan fingerprint density at radius 3 is 2.26 bits per heavy atom. The van der Waals surface area contributed by atoms with E-state index in [0.717, 1.165) is 45.5 Å². The lowest BCUT2D eigenvalue weighted by Gasteiger charge is -2.34. The second-order valence-corrected chi connectivity index (χ2v) is 13.7. The molecule has 50 heavy (non-hydrogen) atoms. The van der Waals surface area contributed by atoms with Crippen molar-refractivity contribution in [1.82, 2.24) is 9.47 Å². The first-order valence-electron chi connectivity index (χ1n) is 17.1. The molecule has 1 fully saturated rings. The number of benzene rings is 3. The Hall–Kier alpha value is -3.86. The zero-order valence-electron chi connectivity index (χ0n) is 29.3. The molecular weight excluding hydrogens is 722 g/mol. The number of fused-ring (bicyclic) bond motifs is 1. The minimum atomic E-state index is -0.361. The molecule has 0 bridgehead atoms. The molecule has 268 valence electrons. The number of aryl methyl sites for hydroxylation is 1. The second-order valence-electron chi connectivity index (χ2n) is 12.4. The Labute approximate surface area is 308 Å². The largest absolute Gasteiger partial charge is 0.497 e. The van der Waals surface area contributed by atoms with E-state index in [-0.39, 0.29) is 17.8 Å². The number of ether oxygens (including phenoxy) is 3. The van der Waals surface area contributed by atoms with Gasteiger partial charge in [0.15, 0.2) is 0 Å².